The van der Waals surface area contributed by atoms with Gasteiger partial charge in [-0.3, -0.25) is 29.6 Å². The summed E-state index contributed by atoms with van der Waals surface area (Å²) in [4.78, 5) is 24.1. The molecule has 0 aliphatic rings. The molecule has 18 nitrogen and oxygen atoms in total. The Morgan fingerprint density at radius 2 is 1.02 bits per heavy atom. The minimum absolute atomic E-state index is 0.0123. The Kier molecular flexibility index (Phi) is 10.3. The molecule has 20 heteroatoms. The molecule has 0 bridgehead atoms. The zero-order valence-electron chi connectivity index (χ0n) is 27.5. The molecule has 0 aliphatic heterocycles. The third kappa shape index (κ3) is 8.03. The van der Waals surface area contributed by atoms with Crippen molar-refractivity contribution in [1.29, 1.82) is 0 Å². The van der Waals surface area contributed by atoms with E-state index < -0.39 is 9.85 Å². The second-order valence-electron chi connectivity index (χ2n) is 12.2. The molecular formula is C30H32N14O4S2. The number of hydrogen-bond donors (Lipinski definition) is 0. The van der Waals surface area contributed by atoms with Crippen LogP contribution in [0.2, 0.25) is 0 Å². The molecule has 6 rings (SSSR count). The third-order valence-corrected chi connectivity index (χ3v) is 9.65. The van der Waals surface area contributed by atoms with Gasteiger partial charge in [0.25, 0.3) is 11.4 Å². The summed E-state index contributed by atoms with van der Waals surface area (Å²) in [5.74, 6) is 1.43. The van der Waals surface area contributed by atoms with Crippen LogP contribution in [0, 0.1) is 32.1 Å². The van der Waals surface area contributed by atoms with Crippen LogP contribution in [0.1, 0.15) is 38.8 Å². The summed E-state index contributed by atoms with van der Waals surface area (Å²) in [5, 5.41) is 59.3. The second-order valence-corrected chi connectivity index (χ2v) is 14.3. The zero-order valence-corrected chi connectivity index (χ0v) is 29.1. The molecule has 0 unspecified atom stereocenters. The maximum absolute atomic E-state index is 11.0. The molecule has 0 saturated heterocycles. The van der Waals surface area contributed by atoms with Crippen molar-refractivity contribution in [2.75, 3.05) is 0 Å². The van der Waals surface area contributed by atoms with E-state index in [-0.39, 0.29) is 24.5 Å². The first-order chi connectivity index (χ1) is 24.0. The third-order valence-electron chi connectivity index (χ3n) is 7.19. The van der Waals surface area contributed by atoms with E-state index in [1.807, 2.05) is 9.36 Å². The van der Waals surface area contributed by atoms with Gasteiger partial charge in [-0.15, -0.1) is 20.4 Å². The molecule has 0 spiro atoms. The van der Waals surface area contributed by atoms with Crippen LogP contribution in [0.25, 0.3) is 22.8 Å². The average Bonchev–Trinajstić information content (AvgIpc) is 3.88. The lowest BCUT2D eigenvalue weighted by molar-refractivity contribution is -0.385. The lowest BCUT2D eigenvalue weighted by Gasteiger charge is -2.12. The molecule has 4 heterocycles. The fourth-order valence-corrected chi connectivity index (χ4v) is 7.44. The first kappa shape index (κ1) is 34.4. The number of benzene rings is 2. The Balaban J connectivity index is 1.25. The number of nitro groups is 2. The fraction of sp³-hybridized carbons (Fsp3) is 0.333. The van der Waals surface area contributed by atoms with E-state index in [0.29, 0.717) is 47.7 Å². The SMILES string of the molecule is CC(C)Cn1ncc(-c2nnn(Cc3ccc([N+](=O)[O-])cc3)n2)c1SSc1c(-c2nnn(Cc3ccc([N+](=O)[O-])cc3)n2)cnn1CC(C)C. The molecule has 0 atom stereocenters. The molecule has 0 amide bonds. The van der Waals surface area contributed by atoms with Crippen molar-refractivity contribution in [3.05, 3.63) is 92.3 Å². The summed E-state index contributed by atoms with van der Waals surface area (Å²) in [7, 11) is 2.99. The van der Waals surface area contributed by atoms with Gasteiger partial charge < -0.3 is 0 Å². The molecular weight excluding hydrogens is 685 g/mol. The molecule has 0 saturated carbocycles. The van der Waals surface area contributed by atoms with Gasteiger partial charge in [-0.25, -0.2) is 0 Å². The Hall–Kier alpha value is -5.50. The number of aromatic nitrogens is 12. The molecule has 2 aromatic carbocycles. The van der Waals surface area contributed by atoms with Gasteiger partial charge in [-0.2, -0.15) is 19.8 Å². The van der Waals surface area contributed by atoms with Crippen LogP contribution in [0.15, 0.2) is 71.0 Å². The Bertz CT molecular complexity index is 1950. The minimum atomic E-state index is -0.440. The fourth-order valence-electron chi connectivity index (χ4n) is 4.87. The van der Waals surface area contributed by atoms with E-state index in [4.69, 9.17) is 0 Å². The normalized spacial score (nSPS) is 11.6. The van der Waals surface area contributed by atoms with E-state index in [1.165, 1.54) is 55.4 Å². The highest BCUT2D eigenvalue weighted by Gasteiger charge is 2.24. The van der Waals surface area contributed by atoms with E-state index in [1.54, 1.807) is 36.7 Å². The second kappa shape index (κ2) is 14.9. The highest BCUT2D eigenvalue weighted by Crippen LogP contribution is 2.44. The lowest BCUT2D eigenvalue weighted by atomic mass is 10.2. The summed E-state index contributed by atoms with van der Waals surface area (Å²) in [6.07, 6.45) is 3.46. The largest absolute Gasteiger partial charge is 0.269 e. The highest BCUT2D eigenvalue weighted by atomic mass is 33.1. The van der Waals surface area contributed by atoms with Crippen LogP contribution in [-0.2, 0) is 26.2 Å². The Labute approximate surface area is 292 Å². The number of nitro benzene ring substituents is 2. The van der Waals surface area contributed by atoms with Gasteiger partial charge in [0.15, 0.2) is 0 Å². The van der Waals surface area contributed by atoms with Crippen LogP contribution in [0.3, 0.4) is 0 Å². The summed E-state index contributed by atoms with van der Waals surface area (Å²) in [6.45, 7) is 10.4. The van der Waals surface area contributed by atoms with Crippen molar-refractivity contribution < 1.29 is 9.85 Å². The van der Waals surface area contributed by atoms with E-state index >= 15 is 0 Å². The number of rotatable bonds is 15. The van der Waals surface area contributed by atoms with Gasteiger partial charge >= 0.3 is 0 Å². The monoisotopic (exact) mass is 716 g/mol. The topological polar surface area (TPSA) is 209 Å². The van der Waals surface area contributed by atoms with Gasteiger partial charge in [0, 0.05) is 37.4 Å². The minimum Gasteiger partial charge on any atom is -0.258 e. The number of tetrazole rings is 2. The van der Waals surface area contributed by atoms with Gasteiger partial charge in [0.2, 0.25) is 11.6 Å². The predicted molar refractivity (Wildman–Crippen MR) is 184 cm³/mol. The summed E-state index contributed by atoms with van der Waals surface area (Å²) in [5.41, 5.74) is 3.04. The first-order valence-electron chi connectivity index (χ1n) is 15.5. The zero-order chi connectivity index (χ0) is 35.4. The summed E-state index contributed by atoms with van der Waals surface area (Å²) >= 11 is 0. The predicted octanol–water partition coefficient (Wildman–Crippen LogP) is 5.41. The molecule has 6 aromatic rings. The van der Waals surface area contributed by atoms with Crippen molar-refractivity contribution in [2.24, 2.45) is 11.8 Å². The van der Waals surface area contributed by atoms with Gasteiger partial charge in [0.05, 0.1) is 46.5 Å². The Morgan fingerprint density at radius 1 is 0.640 bits per heavy atom. The maximum Gasteiger partial charge on any atom is 0.269 e. The highest BCUT2D eigenvalue weighted by molar-refractivity contribution is 8.76. The van der Waals surface area contributed by atoms with Crippen LogP contribution in [0.4, 0.5) is 11.4 Å². The van der Waals surface area contributed by atoms with Gasteiger partial charge in [-0.05, 0) is 55.0 Å². The van der Waals surface area contributed by atoms with Crippen molar-refractivity contribution in [2.45, 2.75) is 63.9 Å². The van der Waals surface area contributed by atoms with E-state index in [2.05, 4.69) is 68.7 Å². The molecule has 0 fully saturated rings. The van der Waals surface area contributed by atoms with Crippen molar-refractivity contribution in [3.8, 4) is 22.8 Å². The Morgan fingerprint density at radius 3 is 1.36 bits per heavy atom. The molecule has 0 aliphatic carbocycles. The average molecular weight is 717 g/mol. The quantitative estimate of drug-likeness (QED) is 0.0739. The number of hydrogen-bond acceptors (Lipinski definition) is 14. The number of nitrogens with zero attached hydrogens (tertiary/aromatic N) is 14. The summed E-state index contributed by atoms with van der Waals surface area (Å²) < 4.78 is 3.85. The summed E-state index contributed by atoms with van der Waals surface area (Å²) in [6, 6.07) is 12.5. The van der Waals surface area contributed by atoms with E-state index in [9.17, 15) is 20.2 Å². The van der Waals surface area contributed by atoms with Gasteiger partial charge in [-0.1, -0.05) is 52.0 Å². The van der Waals surface area contributed by atoms with E-state index in [0.717, 1.165) is 21.2 Å². The molecule has 0 N–H and O–H groups in total. The lowest BCUT2D eigenvalue weighted by Crippen LogP contribution is -2.08. The molecule has 0 radical (unpaired) electrons. The first-order valence-corrected chi connectivity index (χ1v) is 17.7. The molecule has 258 valence electrons. The molecule has 50 heavy (non-hydrogen) atoms. The van der Waals surface area contributed by atoms with Crippen LogP contribution in [0.5, 0.6) is 0 Å². The smallest absolute Gasteiger partial charge is 0.258 e. The van der Waals surface area contributed by atoms with Crippen molar-refractivity contribution in [1.82, 2.24) is 60.0 Å². The molecule has 4 aromatic heterocycles. The number of non-ortho nitro benzene ring substituents is 2. The van der Waals surface area contributed by atoms with Crippen LogP contribution in [-0.4, -0.2) is 69.8 Å². The standard InChI is InChI=1S/C30H32N14O4S2/c1-19(2)15-39-29(25(13-31-39)27-33-37-41(35-27)17-21-5-9-23(10-6-21)43(45)46)49-50-30-26(14-32-40(30)16-20(3)4)28-34-38-42(36-28)18-22-7-11-24(12-8-22)44(47)48/h5-14,19-20H,15-18H2,1-4H3. The van der Waals surface area contributed by atoms with Crippen molar-refractivity contribution in [3.63, 3.8) is 0 Å². The maximum atomic E-state index is 11.0. The van der Waals surface area contributed by atoms with Gasteiger partial charge in [0.1, 0.15) is 10.1 Å². The van der Waals surface area contributed by atoms with Crippen LogP contribution >= 0.6 is 21.6 Å². The van der Waals surface area contributed by atoms with Crippen LogP contribution < -0.4 is 0 Å². The van der Waals surface area contributed by atoms with Crippen molar-refractivity contribution >= 4 is 33.0 Å².